The number of amides is 2. The number of nitrogens with one attached hydrogen (secondary N) is 1. The minimum absolute atomic E-state index is 0.238. The highest BCUT2D eigenvalue weighted by Crippen LogP contribution is 2.37. The quantitative estimate of drug-likeness (QED) is 0.887. The Hall–Kier alpha value is -1.30. The summed E-state index contributed by atoms with van der Waals surface area (Å²) in [4.78, 5) is 23.5. The van der Waals surface area contributed by atoms with Gasteiger partial charge in [-0.05, 0) is 41.8 Å². The van der Waals surface area contributed by atoms with Crippen molar-refractivity contribution in [1.82, 2.24) is 5.32 Å². The van der Waals surface area contributed by atoms with E-state index < -0.39 is 5.41 Å². The number of hydrogen-bond donors (Lipinski definition) is 2. The lowest BCUT2D eigenvalue weighted by Crippen LogP contribution is -2.44. The van der Waals surface area contributed by atoms with Crippen molar-refractivity contribution in [3.63, 3.8) is 0 Å². The van der Waals surface area contributed by atoms with Crippen LogP contribution in [0.5, 0.6) is 0 Å². The summed E-state index contributed by atoms with van der Waals surface area (Å²) >= 11 is 3.21. The SMILES string of the molecule is Cc1cc(C(=O)NCC2(C(N)=O)CCCC2)oc1Br. The highest BCUT2D eigenvalue weighted by atomic mass is 79.9. The van der Waals surface area contributed by atoms with E-state index >= 15 is 0 Å². The lowest BCUT2D eigenvalue weighted by molar-refractivity contribution is -0.127. The van der Waals surface area contributed by atoms with Crippen LogP contribution in [0.15, 0.2) is 15.2 Å². The summed E-state index contributed by atoms with van der Waals surface area (Å²) in [6.07, 6.45) is 3.43. The van der Waals surface area contributed by atoms with E-state index in [1.165, 1.54) is 0 Å². The van der Waals surface area contributed by atoms with Crippen LogP contribution in [0, 0.1) is 12.3 Å². The van der Waals surface area contributed by atoms with E-state index in [1.54, 1.807) is 6.07 Å². The van der Waals surface area contributed by atoms with Gasteiger partial charge in [-0.3, -0.25) is 9.59 Å². The molecule has 1 aliphatic rings. The van der Waals surface area contributed by atoms with Crippen LogP contribution in [0.25, 0.3) is 0 Å². The van der Waals surface area contributed by atoms with Crippen molar-refractivity contribution in [2.45, 2.75) is 32.6 Å². The van der Waals surface area contributed by atoms with Gasteiger partial charge in [0.05, 0.1) is 5.41 Å². The maximum absolute atomic E-state index is 12.0. The smallest absolute Gasteiger partial charge is 0.287 e. The first-order valence-electron chi connectivity index (χ1n) is 6.29. The van der Waals surface area contributed by atoms with Crippen molar-refractivity contribution in [1.29, 1.82) is 0 Å². The van der Waals surface area contributed by atoms with Crippen molar-refractivity contribution in [2.24, 2.45) is 11.1 Å². The Morgan fingerprint density at radius 1 is 1.47 bits per heavy atom. The molecular formula is C13H17BrN2O3. The number of furan rings is 1. The Bertz CT molecular complexity index is 484. The van der Waals surface area contributed by atoms with E-state index in [4.69, 9.17) is 10.2 Å². The van der Waals surface area contributed by atoms with Gasteiger partial charge in [0, 0.05) is 12.1 Å². The molecule has 1 aromatic rings. The van der Waals surface area contributed by atoms with E-state index in [-0.39, 0.29) is 24.1 Å². The van der Waals surface area contributed by atoms with Crippen LogP contribution in [0.2, 0.25) is 0 Å². The van der Waals surface area contributed by atoms with Gasteiger partial charge >= 0.3 is 0 Å². The summed E-state index contributed by atoms with van der Waals surface area (Å²) in [6.45, 7) is 2.12. The Labute approximate surface area is 120 Å². The largest absolute Gasteiger partial charge is 0.444 e. The third-order valence-corrected chi connectivity index (χ3v) is 4.54. The van der Waals surface area contributed by atoms with Crippen LogP contribution >= 0.6 is 15.9 Å². The summed E-state index contributed by atoms with van der Waals surface area (Å²) in [7, 11) is 0. The molecule has 0 saturated heterocycles. The molecule has 1 saturated carbocycles. The minimum Gasteiger partial charge on any atom is -0.444 e. The Morgan fingerprint density at radius 3 is 2.58 bits per heavy atom. The number of halogens is 1. The summed E-state index contributed by atoms with van der Waals surface area (Å²) < 4.78 is 5.82. The first-order chi connectivity index (χ1) is 8.94. The molecular weight excluding hydrogens is 312 g/mol. The van der Waals surface area contributed by atoms with Crippen molar-refractivity contribution in [3.05, 3.63) is 22.1 Å². The second-order valence-corrected chi connectivity index (χ2v) is 5.82. The molecule has 104 valence electrons. The maximum atomic E-state index is 12.0. The van der Waals surface area contributed by atoms with Gasteiger partial charge in [-0.25, -0.2) is 0 Å². The Balaban J connectivity index is 2.01. The van der Waals surface area contributed by atoms with Crippen LogP contribution in [0.1, 0.15) is 41.8 Å². The molecule has 0 aromatic carbocycles. The molecule has 0 bridgehead atoms. The monoisotopic (exact) mass is 328 g/mol. The van der Waals surface area contributed by atoms with Crippen molar-refractivity contribution >= 4 is 27.7 Å². The summed E-state index contributed by atoms with van der Waals surface area (Å²) in [5.74, 6) is -0.412. The zero-order valence-electron chi connectivity index (χ0n) is 10.8. The molecule has 2 rings (SSSR count). The fourth-order valence-corrected chi connectivity index (χ4v) is 2.76. The van der Waals surface area contributed by atoms with Gasteiger partial charge in [0.2, 0.25) is 5.91 Å². The molecule has 0 aliphatic heterocycles. The zero-order chi connectivity index (χ0) is 14.0. The molecule has 0 radical (unpaired) electrons. The van der Waals surface area contributed by atoms with Gasteiger partial charge in [-0.1, -0.05) is 12.8 Å². The minimum atomic E-state index is -0.589. The molecule has 3 N–H and O–H groups in total. The maximum Gasteiger partial charge on any atom is 0.287 e. The van der Waals surface area contributed by atoms with Crippen LogP contribution < -0.4 is 11.1 Å². The summed E-state index contributed by atoms with van der Waals surface area (Å²) in [5.41, 5.74) is 5.73. The molecule has 0 spiro atoms. The number of carbonyl (C=O) groups excluding carboxylic acids is 2. The first kappa shape index (κ1) is 14.1. The van der Waals surface area contributed by atoms with Crippen molar-refractivity contribution in [2.75, 3.05) is 6.54 Å². The van der Waals surface area contributed by atoms with E-state index in [2.05, 4.69) is 21.2 Å². The van der Waals surface area contributed by atoms with Gasteiger partial charge in [-0.15, -0.1) is 0 Å². The Kier molecular flexibility index (Phi) is 3.99. The van der Waals surface area contributed by atoms with Gasteiger partial charge in [0.15, 0.2) is 10.4 Å². The molecule has 19 heavy (non-hydrogen) atoms. The predicted octanol–water partition coefficient (Wildman–Crippen LogP) is 2.13. The van der Waals surface area contributed by atoms with Crippen LogP contribution in [-0.2, 0) is 4.79 Å². The predicted molar refractivity (Wildman–Crippen MR) is 73.6 cm³/mol. The highest BCUT2D eigenvalue weighted by Gasteiger charge is 2.39. The molecule has 0 atom stereocenters. The standard InChI is InChI=1S/C13H17BrN2O3/c1-8-6-9(19-10(8)14)11(17)16-7-13(12(15)18)4-2-3-5-13/h6H,2-5,7H2,1H3,(H2,15,18)(H,16,17). The molecule has 1 aliphatic carbocycles. The first-order valence-corrected chi connectivity index (χ1v) is 7.08. The normalized spacial score (nSPS) is 17.4. The third kappa shape index (κ3) is 2.83. The number of carbonyl (C=O) groups is 2. The van der Waals surface area contributed by atoms with Crippen molar-refractivity contribution in [3.8, 4) is 0 Å². The lowest BCUT2D eigenvalue weighted by Gasteiger charge is -2.24. The van der Waals surface area contributed by atoms with E-state index in [0.29, 0.717) is 4.67 Å². The molecule has 1 aromatic heterocycles. The molecule has 6 heteroatoms. The average molecular weight is 329 g/mol. The zero-order valence-corrected chi connectivity index (χ0v) is 12.4. The highest BCUT2D eigenvalue weighted by molar-refractivity contribution is 9.10. The second kappa shape index (κ2) is 5.36. The fraction of sp³-hybridized carbons (Fsp3) is 0.538. The van der Waals surface area contributed by atoms with E-state index in [9.17, 15) is 9.59 Å². The van der Waals surface area contributed by atoms with E-state index in [1.807, 2.05) is 6.92 Å². The Morgan fingerprint density at radius 2 is 2.11 bits per heavy atom. The van der Waals surface area contributed by atoms with Gasteiger partial charge in [-0.2, -0.15) is 0 Å². The van der Waals surface area contributed by atoms with Crippen LogP contribution in [0.4, 0.5) is 0 Å². The number of aryl methyl sites for hydroxylation is 1. The summed E-state index contributed by atoms with van der Waals surface area (Å²) in [6, 6.07) is 1.66. The molecule has 5 nitrogen and oxygen atoms in total. The number of nitrogens with two attached hydrogens (primary N) is 1. The molecule has 0 unspecified atom stereocenters. The van der Waals surface area contributed by atoms with Crippen LogP contribution in [0.3, 0.4) is 0 Å². The second-order valence-electron chi connectivity index (χ2n) is 5.10. The van der Waals surface area contributed by atoms with E-state index in [0.717, 1.165) is 31.2 Å². The van der Waals surface area contributed by atoms with Gasteiger partial charge in [0.25, 0.3) is 5.91 Å². The topological polar surface area (TPSA) is 85.3 Å². The number of hydrogen-bond acceptors (Lipinski definition) is 3. The van der Waals surface area contributed by atoms with Crippen molar-refractivity contribution < 1.29 is 14.0 Å². The molecule has 1 heterocycles. The van der Waals surface area contributed by atoms with Crippen LogP contribution in [-0.4, -0.2) is 18.4 Å². The fourth-order valence-electron chi connectivity index (χ4n) is 2.47. The number of primary amides is 1. The number of rotatable bonds is 4. The van der Waals surface area contributed by atoms with Gasteiger partial charge < -0.3 is 15.5 Å². The third-order valence-electron chi connectivity index (χ3n) is 3.75. The molecule has 1 fully saturated rings. The molecule has 2 amide bonds. The van der Waals surface area contributed by atoms with Gasteiger partial charge in [0.1, 0.15) is 0 Å². The lowest BCUT2D eigenvalue weighted by atomic mass is 9.85. The average Bonchev–Trinajstić information content (AvgIpc) is 2.95. The summed E-state index contributed by atoms with van der Waals surface area (Å²) in [5, 5.41) is 2.75.